The standard InChI is InChI=1S/C16H22ClNO/c1-2-12-8-10-13(11-9-12)15(17)16(19)18-14-6-4-3-5-7-14/h8-11,14-15H,2-7H2,1H3,(H,18,19). The van der Waals surface area contributed by atoms with Gasteiger partial charge in [-0.3, -0.25) is 4.79 Å². The second-order valence-corrected chi connectivity index (χ2v) is 5.74. The fourth-order valence-electron chi connectivity index (χ4n) is 2.59. The van der Waals surface area contributed by atoms with E-state index in [1.807, 2.05) is 24.3 Å². The lowest BCUT2D eigenvalue weighted by Gasteiger charge is -2.24. The van der Waals surface area contributed by atoms with E-state index in [9.17, 15) is 4.79 Å². The highest BCUT2D eigenvalue weighted by Crippen LogP contribution is 2.23. The van der Waals surface area contributed by atoms with Crippen molar-refractivity contribution in [2.75, 3.05) is 0 Å². The van der Waals surface area contributed by atoms with Crippen molar-refractivity contribution in [1.82, 2.24) is 5.32 Å². The van der Waals surface area contributed by atoms with E-state index in [1.165, 1.54) is 24.8 Å². The molecule has 1 aliphatic carbocycles. The minimum absolute atomic E-state index is 0.0576. The van der Waals surface area contributed by atoms with E-state index < -0.39 is 5.38 Å². The van der Waals surface area contributed by atoms with Gasteiger partial charge < -0.3 is 5.32 Å². The molecule has 1 amide bonds. The van der Waals surface area contributed by atoms with Crippen molar-refractivity contribution in [1.29, 1.82) is 0 Å². The van der Waals surface area contributed by atoms with E-state index in [1.54, 1.807) is 0 Å². The first-order valence-corrected chi connectivity index (χ1v) is 7.67. The molecule has 0 aliphatic heterocycles. The van der Waals surface area contributed by atoms with Crippen LogP contribution in [-0.2, 0) is 11.2 Å². The van der Waals surface area contributed by atoms with Crippen molar-refractivity contribution in [2.24, 2.45) is 0 Å². The second kappa shape index (κ2) is 6.95. The van der Waals surface area contributed by atoms with Gasteiger partial charge in [0.2, 0.25) is 5.91 Å². The summed E-state index contributed by atoms with van der Waals surface area (Å²) in [6, 6.07) is 8.31. The van der Waals surface area contributed by atoms with Crippen LogP contribution in [0.4, 0.5) is 0 Å². The Kier molecular flexibility index (Phi) is 5.26. The highest BCUT2D eigenvalue weighted by molar-refractivity contribution is 6.30. The van der Waals surface area contributed by atoms with Gasteiger partial charge in [0.15, 0.2) is 0 Å². The molecule has 0 aromatic heterocycles. The van der Waals surface area contributed by atoms with Crippen LogP contribution in [0.5, 0.6) is 0 Å². The summed E-state index contributed by atoms with van der Waals surface area (Å²) in [4.78, 5) is 12.1. The molecule has 104 valence electrons. The van der Waals surface area contributed by atoms with E-state index in [0.717, 1.165) is 24.8 Å². The molecule has 0 radical (unpaired) electrons. The van der Waals surface area contributed by atoms with Crippen molar-refractivity contribution in [3.63, 3.8) is 0 Å². The third kappa shape index (κ3) is 3.97. The summed E-state index contributed by atoms with van der Waals surface area (Å²) in [5, 5.41) is 2.50. The zero-order valence-electron chi connectivity index (χ0n) is 11.5. The van der Waals surface area contributed by atoms with Gasteiger partial charge in [-0.15, -0.1) is 11.6 Å². The number of hydrogen-bond acceptors (Lipinski definition) is 1. The van der Waals surface area contributed by atoms with Crippen molar-refractivity contribution < 1.29 is 4.79 Å². The topological polar surface area (TPSA) is 29.1 Å². The lowest BCUT2D eigenvalue weighted by Crippen LogP contribution is -2.38. The van der Waals surface area contributed by atoms with Gasteiger partial charge in [0.1, 0.15) is 5.38 Å². The lowest BCUT2D eigenvalue weighted by molar-refractivity contribution is -0.121. The number of halogens is 1. The first kappa shape index (κ1) is 14.4. The maximum atomic E-state index is 12.1. The number of carbonyl (C=O) groups is 1. The van der Waals surface area contributed by atoms with Crippen LogP contribution in [-0.4, -0.2) is 11.9 Å². The Morgan fingerprint density at radius 2 is 1.89 bits per heavy atom. The Labute approximate surface area is 120 Å². The summed E-state index contributed by atoms with van der Waals surface area (Å²) in [5.41, 5.74) is 2.15. The molecule has 0 bridgehead atoms. The van der Waals surface area contributed by atoms with Crippen LogP contribution in [0.1, 0.15) is 55.5 Å². The van der Waals surface area contributed by atoms with Crippen LogP contribution in [0.25, 0.3) is 0 Å². The van der Waals surface area contributed by atoms with Gasteiger partial charge in [0, 0.05) is 6.04 Å². The molecule has 0 heterocycles. The molecule has 1 aliphatic rings. The van der Waals surface area contributed by atoms with E-state index in [0.29, 0.717) is 6.04 Å². The van der Waals surface area contributed by atoms with Crippen LogP contribution in [0, 0.1) is 0 Å². The minimum atomic E-state index is -0.576. The average molecular weight is 280 g/mol. The van der Waals surface area contributed by atoms with Gasteiger partial charge in [0.05, 0.1) is 0 Å². The molecule has 1 fully saturated rings. The van der Waals surface area contributed by atoms with E-state index >= 15 is 0 Å². The largest absolute Gasteiger partial charge is 0.352 e. The third-order valence-electron chi connectivity index (χ3n) is 3.86. The molecule has 1 atom stereocenters. The van der Waals surface area contributed by atoms with Crippen molar-refractivity contribution in [2.45, 2.75) is 56.9 Å². The number of benzene rings is 1. The smallest absolute Gasteiger partial charge is 0.242 e. The lowest BCUT2D eigenvalue weighted by atomic mass is 9.95. The van der Waals surface area contributed by atoms with Gasteiger partial charge >= 0.3 is 0 Å². The van der Waals surface area contributed by atoms with E-state index in [-0.39, 0.29) is 5.91 Å². The fourth-order valence-corrected chi connectivity index (χ4v) is 2.80. The molecule has 1 saturated carbocycles. The summed E-state index contributed by atoms with van der Waals surface area (Å²) in [7, 11) is 0. The molecule has 2 rings (SSSR count). The molecular formula is C16H22ClNO. The molecule has 2 nitrogen and oxygen atoms in total. The summed E-state index contributed by atoms with van der Waals surface area (Å²) in [6.45, 7) is 2.11. The zero-order chi connectivity index (χ0) is 13.7. The third-order valence-corrected chi connectivity index (χ3v) is 4.31. The molecular weight excluding hydrogens is 258 g/mol. The zero-order valence-corrected chi connectivity index (χ0v) is 12.2. The molecule has 1 aromatic carbocycles. The number of amides is 1. The molecule has 3 heteroatoms. The predicted octanol–water partition coefficient (Wildman–Crippen LogP) is 3.98. The van der Waals surface area contributed by atoms with Crippen molar-refractivity contribution in [3.8, 4) is 0 Å². The number of carbonyl (C=O) groups excluding carboxylic acids is 1. The SMILES string of the molecule is CCc1ccc(C(Cl)C(=O)NC2CCCCC2)cc1. The van der Waals surface area contributed by atoms with E-state index in [2.05, 4.69) is 12.2 Å². The van der Waals surface area contributed by atoms with Gasteiger partial charge in [-0.25, -0.2) is 0 Å². The summed E-state index contributed by atoms with van der Waals surface area (Å²) >= 11 is 6.26. The number of hydrogen-bond donors (Lipinski definition) is 1. The Bertz CT molecular complexity index is 409. The minimum Gasteiger partial charge on any atom is -0.352 e. The molecule has 1 unspecified atom stereocenters. The summed E-state index contributed by atoms with van der Waals surface area (Å²) < 4.78 is 0. The Morgan fingerprint density at radius 3 is 2.47 bits per heavy atom. The van der Waals surface area contributed by atoms with Crippen LogP contribution < -0.4 is 5.32 Å². The monoisotopic (exact) mass is 279 g/mol. The molecule has 0 saturated heterocycles. The molecule has 0 spiro atoms. The predicted molar refractivity (Wildman–Crippen MR) is 79.4 cm³/mol. The Balaban J connectivity index is 1.93. The van der Waals surface area contributed by atoms with Gasteiger partial charge in [0.25, 0.3) is 0 Å². The normalized spacial score (nSPS) is 18.0. The van der Waals surface area contributed by atoms with Crippen LogP contribution in [0.2, 0.25) is 0 Å². The average Bonchev–Trinajstić information content (AvgIpc) is 2.47. The maximum Gasteiger partial charge on any atom is 0.242 e. The van der Waals surface area contributed by atoms with Gasteiger partial charge in [-0.05, 0) is 30.4 Å². The quantitative estimate of drug-likeness (QED) is 0.830. The summed E-state index contributed by atoms with van der Waals surface area (Å²) in [5.74, 6) is -0.0576. The fraction of sp³-hybridized carbons (Fsp3) is 0.562. The van der Waals surface area contributed by atoms with Gasteiger partial charge in [-0.2, -0.15) is 0 Å². The first-order valence-electron chi connectivity index (χ1n) is 7.24. The summed E-state index contributed by atoms with van der Waals surface area (Å²) in [6.07, 6.45) is 6.89. The number of aryl methyl sites for hydroxylation is 1. The number of alkyl halides is 1. The van der Waals surface area contributed by atoms with E-state index in [4.69, 9.17) is 11.6 Å². The van der Waals surface area contributed by atoms with Crippen LogP contribution >= 0.6 is 11.6 Å². The molecule has 1 aromatic rings. The van der Waals surface area contributed by atoms with Gasteiger partial charge in [-0.1, -0.05) is 50.5 Å². The van der Waals surface area contributed by atoms with Crippen LogP contribution in [0.15, 0.2) is 24.3 Å². The Hall–Kier alpha value is -1.02. The number of nitrogens with one attached hydrogen (secondary N) is 1. The highest BCUT2D eigenvalue weighted by atomic mass is 35.5. The molecule has 19 heavy (non-hydrogen) atoms. The maximum absolute atomic E-state index is 12.1. The van der Waals surface area contributed by atoms with Crippen molar-refractivity contribution >= 4 is 17.5 Å². The van der Waals surface area contributed by atoms with Crippen LogP contribution in [0.3, 0.4) is 0 Å². The molecule has 1 N–H and O–H groups in total. The Morgan fingerprint density at radius 1 is 1.26 bits per heavy atom. The highest BCUT2D eigenvalue weighted by Gasteiger charge is 2.22. The number of rotatable bonds is 4. The first-order chi connectivity index (χ1) is 9.20. The second-order valence-electron chi connectivity index (χ2n) is 5.30. The van der Waals surface area contributed by atoms with Crippen molar-refractivity contribution in [3.05, 3.63) is 35.4 Å².